The molecule has 1 aliphatic rings. The Hall–Kier alpha value is -2.07. The van der Waals surface area contributed by atoms with Crippen molar-refractivity contribution in [2.24, 2.45) is 5.73 Å². The number of likely N-dealkylation sites (N-methyl/N-ethyl adjacent to an activating group) is 1. The highest BCUT2D eigenvalue weighted by Crippen LogP contribution is 2.41. The third kappa shape index (κ3) is 2.12. The highest BCUT2D eigenvalue weighted by atomic mass is 19.1. The Labute approximate surface area is 117 Å². The molecule has 1 aliphatic heterocycles. The largest absolute Gasteiger partial charge is 0.484 e. The van der Waals surface area contributed by atoms with Gasteiger partial charge in [-0.05, 0) is 12.1 Å². The summed E-state index contributed by atoms with van der Waals surface area (Å²) in [7, 11) is 2.00. The fourth-order valence-electron chi connectivity index (χ4n) is 2.57. The number of anilines is 1. The van der Waals surface area contributed by atoms with E-state index in [9.17, 15) is 4.39 Å². The average Bonchev–Trinajstić information content (AvgIpc) is 2.47. The molecule has 20 heavy (non-hydrogen) atoms. The number of rotatable bonds is 2. The zero-order valence-corrected chi connectivity index (χ0v) is 11.3. The van der Waals surface area contributed by atoms with E-state index in [1.165, 1.54) is 6.07 Å². The normalized spacial score (nSPS) is 17.6. The quantitative estimate of drug-likeness (QED) is 0.913. The van der Waals surface area contributed by atoms with Crippen molar-refractivity contribution in [1.29, 1.82) is 0 Å². The summed E-state index contributed by atoms with van der Waals surface area (Å²) in [4.78, 5) is 2.10. The molecule has 1 heterocycles. The molecule has 3 rings (SSSR count). The molecule has 0 fully saturated rings. The number of fused-ring (bicyclic) bond motifs is 1. The van der Waals surface area contributed by atoms with Crippen LogP contribution in [0.2, 0.25) is 0 Å². The molecule has 2 aromatic carbocycles. The van der Waals surface area contributed by atoms with Crippen molar-refractivity contribution in [3.63, 3.8) is 0 Å². The molecule has 0 bridgehead atoms. The first-order chi connectivity index (χ1) is 9.70. The summed E-state index contributed by atoms with van der Waals surface area (Å²) in [5, 5.41) is 0. The molecule has 1 atom stereocenters. The van der Waals surface area contributed by atoms with Gasteiger partial charge in [0.05, 0.1) is 12.2 Å². The number of halogens is 1. The lowest BCUT2D eigenvalue weighted by molar-refractivity contribution is 0.204. The Bertz CT molecular complexity index is 630. The second-order valence-electron chi connectivity index (χ2n) is 4.99. The van der Waals surface area contributed by atoms with Crippen molar-refractivity contribution >= 4 is 5.69 Å². The molecule has 0 radical (unpaired) electrons. The topological polar surface area (TPSA) is 38.5 Å². The third-order valence-corrected chi connectivity index (χ3v) is 3.59. The van der Waals surface area contributed by atoms with Crippen LogP contribution in [0.1, 0.15) is 0 Å². The third-order valence-electron chi connectivity index (χ3n) is 3.59. The average molecular weight is 272 g/mol. The molecule has 4 heteroatoms. The van der Waals surface area contributed by atoms with Crippen LogP contribution < -0.4 is 15.4 Å². The second-order valence-corrected chi connectivity index (χ2v) is 4.99. The molecule has 0 aliphatic carbocycles. The minimum absolute atomic E-state index is 0.0691. The number of ether oxygens (including phenoxy) is 1. The monoisotopic (exact) mass is 272 g/mol. The molecule has 0 amide bonds. The molecule has 0 spiro atoms. The van der Waals surface area contributed by atoms with E-state index in [1.807, 2.05) is 31.3 Å². The summed E-state index contributed by atoms with van der Waals surface area (Å²) >= 11 is 0. The van der Waals surface area contributed by atoms with E-state index in [4.69, 9.17) is 10.5 Å². The summed E-state index contributed by atoms with van der Waals surface area (Å²) in [5.74, 6) is 0.462. The van der Waals surface area contributed by atoms with Crippen molar-refractivity contribution in [2.45, 2.75) is 6.10 Å². The fraction of sp³-hybridized carbons (Fsp3) is 0.250. The molecule has 0 saturated carbocycles. The molecule has 0 unspecified atom stereocenters. The number of benzene rings is 2. The maximum Gasteiger partial charge on any atom is 0.151 e. The number of hydrogen-bond donors (Lipinski definition) is 1. The van der Waals surface area contributed by atoms with E-state index >= 15 is 0 Å². The van der Waals surface area contributed by atoms with Crippen molar-refractivity contribution < 1.29 is 9.13 Å². The lowest BCUT2D eigenvalue weighted by Crippen LogP contribution is -2.42. The number of nitrogens with two attached hydrogens (primary N) is 1. The molecular weight excluding hydrogens is 255 g/mol. The van der Waals surface area contributed by atoms with Gasteiger partial charge in [0.2, 0.25) is 0 Å². The van der Waals surface area contributed by atoms with E-state index in [2.05, 4.69) is 4.90 Å². The van der Waals surface area contributed by atoms with Crippen LogP contribution in [0, 0.1) is 5.82 Å². The smallest absolute Gasteiger partial charge is 0.151 e. The first kappa shape index (κ1) is 12.9. The van der Waals surface area contributed by atoms with E-state index in [0.29, 0.717) is 17.9 Å². The first-order valence-electron chi connectivity index (χ1n) is 6.66. The highest BCUT2D eigenvalue weighted by Gasteiger charge is 2.25. The molecule has 3 nitrogen and oxygen atoms in total. The second kappa shape index (κ2) is 5.13. The predicted molar refractivity (Wildman–Crippen MR) is 78.6 cm³/mol. The Morgan fingerprint density at radius 1 is 1.20 bits per heavy atom. The van der Waals surface area contributed by atoms with E-state index in [1.54, 1.807) is 12.1 Å². The number of para-hydroxylation sites is 1. The number of nitrogens with zero attached hydrogens (tertiary/aromatic N) is 1. The van der Waals surface area contributed by atoms with Gasteiger partial charge < -0.3 is 15.4 Å². The van der Waals surface area contributed by atoms with Gasteiger partial charge in [-0.15, -0.1) is 0 Å². The van der Waals surface area contributed by atoms with Crippen molar-refractivity contribution in [1.82, 2.24) is 0 Å². The molecule has 0 aromatic heterocycles. The van der Waals surface area contributed by atoms with Crippen LogP contribution in [0.15, 0.2) is 42.5 Å². The molecular formula is C16H17FN2O. The van der Waals surface area contributed by atoms with Crippen molar-refractivity contribution in [3.8, 4) is 16.9 Å². The fourth-order valence-corrected chi connectivity index (χ4v) is 2.57. The molecule has 2 N–H and O–H groups in total. The molecule has 0 saturated heterocycles. The predicted octanol–water partition coefficient (Wildman–Crippen LogP) is 2.65. The van der Waals surface area contributed by atoms with Crippen LogP contribution >= 0.6 is 0 Å². The Morgan fingerprint density at radius 3 is 2.70 bits per heavy atom. The van der Waals surface area contributed by atoms with Gasteiger partial charge >= 0.3 is 0 Å². The number of hydrogen-bond acceptors (Lipinski definition) is 3. The Kier molecular flexibility index (Phi) is 3.32. The van der Waals surface area contributed by atoms with Crippen molar-refractivity contribution in [3.05, 3.63) is 48.3 Å². The van der Waals surface area contributed by atoms with Gasteiger partial charge in [0.15, 0.2) is 5.75 Å². The zero-order valence-electron chi connectivity index (χ0n) is 11.3. The molecule has 2 aromatic rings. The van der Waals surface area contributed by atoms with E-state index in [-0.39, 0.29) is 11.9 Å². The summed E-state index contributed by atoms with van der Waals surface area (Å²) < 4.78 is 20.0. The van der Waals surface area contributed by atoms with Gasteiger partial charge in [-0.3, -0.25) is 0 Å². The lowest BCUT2D eigenvalue weighted by Gasteiger charge is -2.34. The van der Waals surface area contributed by atoms with Gasteiger partial charge in [0.1, 0.15) is 11.9 Å². The lowest BCUT2D eigenvalue weighted by atomic mass is 10.0. The van der Waals surface area contributed by atoms with Crippen LogP contribution in [0.4, 0.5) is 10.1 Å². The maximum atomic E-state index is 14.0. The van der Waals surface area contributed by atoms with Gasteiger partial charge in [-0.1, -0.05) is 30.3 Å². The Morgan fingerprint density at radius 2 is 1.95 bits per heavy atom. The van der Waals surface area contributed by atoms with Gasteiger partial charge in [0.25, 0.3) is 0 Å². The minimum atomic E-state index is -0.248. The zero-order chi connectivity index (χ0) is 14.1. The van der Waals surface area contributed by atoms with Gasteiger partial charge in [-0.2, -0.15) is 0 Å². The molecule has 104 valence electrons. The SMILES string of the molecule is CN1C[C@H](CN)Oc2c(-c3ccccc3F)cccc21. The van der Waals surface area contributed by atoms with Crippen LogP contribution in [-0.2, 0) is 0 Å². The summed E-state index contributed by atoms with van der Waals surface area (Å²) in [6.07, 6.45) is -0.0691. The first-order valence-corrected chi connectivity index (χ1v) is 6.66. The van der Waals surface area contributed by atoms with Crippen LogP contribution in [-0.4, -0.2) is 26.2 Å². The van der Waals surface area contributed by atoms with Crippen molar-refractivity contribution in [2.75, 3.05) is 25.0 Å². The Balaban J connectivity index is 2.15. The minimum Gasteiger partial charge on any atom is -0.484 e. The standard InChI is InChI=1S/C16H17FN2O/c1-19-10-11(9-18)20-16-13(6-4-8-15(16)19)12-5-2-3-7-14(12)17/h2-8,11H,9-10,18H2,1H3/t11-/m0/s1. The van der Waals surface area contributed by atoms with E-state index in [0.717, 1.165) is 17.8 Å². The summed E-state index contributed by atoms with van der Waals surface area (Å²) in [5.41, 5.74) is 8.00. The highest BCUT2D eigenvalue weighted by molar-refractivity contribution is 5.79. The maximum absolute atomic E-state index is 14.0. The summed E-state index contributed by atoms with van der Waals surface area (Å²) in [6, 6.07) is 12.5. The van der Waals surface area contributed by atoms with Gasteiger partial charge in [0, 0.05) is 24.7 Å². The summed E-state index contributed by atoms with van der Waals surface area (Å²) in [6.45, 7) is 1.18. The van der Waals surface area contributed by atoms with Crippen LogP contribution in [0.5, 0.6) is 5.75 Å². The van der Waals surface area contributed by atoms with E-state index < -0.39 is 0 Å². The van der Waals surface area contributed by atoms with Crippen LogP contribution in [0.3, 0.4) is 0 Å². The van der Waals surface area contributed by atoms with Gasteiger partial charge in [-0.25, -0.2) is 4.39 Å². The van der Waals surface area contributed by atoms with Crippen LogP contribution in [0.25, 0.3) is 11.1 Å².